The van der Waals surface area contributed by atoms with E-state index < -0.39 is 0 Å². The lowest BCUT2D eigenvalue weighted by Gasteiger charge is -2.34. The summed E-state index contributed by atoms with van der Waals surface area (Å²) in [6, 6.07) is 12.5. The Morgan fingerprint density at radius 1 is 1.21 bits per heavy atom. The van der Waals surface area contributed by atoms with Gasteiger partial charge >= 0.3 is 0 Å². The van der Waals surface area contributed by atoms with Crippen molar-refractivity contribution in [2.24, 2.45) is 0 Å². The van der Waals surface area contributed by atoms with E-state index in [0.29, 0.717) is 20.0 Å². The van der Waals surface area contributed by atoms with Crippen LogP contribution in [0, 0.1) is 5.82 Å². The summed E-state index contributed by atoms with van der Waals surface area (Å²) in [7, 11) is 1.66. The Labute approximate surface area is 171 Å². The molecule has 1 aliphatic rings. The molecule has 7 heteroatoms. The Morgan fingerprint density at radius 2 is 1.93 bits per heavy atom. The van der Waals surface area contributed by atoms with Crippen molar-refractivity contribution in [3.8, 4) is 5.75 Å². The summed E-state index contributed by atoms with van der Waals surface area (Å²) in [5, 5.41) is 4.20. The van der Waals surface area contributed by atoms with Crippen molar-refractivity contribution in [1.29, 1.82) is 0 Å². The van der Waals surface area contributed by atoms with Gasteiger partial charge in [-0.25, -0.2) is 4.39 Å². The highest BCUT2D eigenvalue weighted by Gasteiger charge is 2.24. The van der Waals surface area contributed by atoms with E-state index in [9.17, 15) is 9.18 Å². The number of halogens is 2. The quantitative estimate of drug-likeness (QED) is 0.640. The van der Waals surface area contributed by atoms with Crippen molar-refractivity contribution in [3.05, 3.63) is 58.2 Å². The first kappa shape index (κ1) is 19.0. The molecule has 2 aromatic carbocycles. The first-order chi connectivity index (χ1) is 13.5. The van der Waals surface area contributed by atoms with Gasteiger partial charge in [-0.1, -0.05) is 11.6 Å². The first-order valence-electron chi connectivity index (χ1n) is 9.12. The molecule has 0 bridgehead atoms. The minimum absolute atomic E-state index is 0.0972. The Morgan fingerprint density at radius 3 is 2.61 bits per heavy atom. The SMILES string of the molecule is COc1ccc(N2CCC(NC(=O)c3sc4cc(F)ccc4c3Cl)CC2)cc1. The van der Waals surface area contributed by atoms with E-state index in [4.69, 9.17) is 16.3 Å². The highest BCUT2D eigenvalue weighted by Crippen LogP contribution is 2.36. The van der Waals surface area contributed by atoms with Gasteiger partial charge in [0, 0.05) is 34.9 Å². The molecule has 0 aliphatic carbocycles. The Hall–Kier alpha value is -2.31. The van der Waals surface area contributed by atoms with E-state index in [2.05, 4.69) is 10.2 Å². The molecule has 3 aromatic rings. The normalized spacial score (nSPS) is 15.0. The van der Waals surface area contributed by atoms with Crippen molar-refractivity contribution < 1.29 is 13.9 Å². The molecule has 0 radical (unpaired) electrons. The van der Waals surface area contributed by atoms with Crippen molar-refractivity contribution in [2.45, 2.75) is 18.9 Å². The number of nitrogens with zero attached hydrogens (tertiary/aromatic N) is 1. The van der Waals surface area contributed by atoms with Crippen LogP contribution >= 0.6 is 22.9 Å². The molecule has 1 N–H and O–H groups in total. The Bertz CT molecular complexity index is 998. The Balaban J connectivity index is 1.39. The molecular formula is C21H20ClFN2O2S. The highest BCUT2D eigenvalue weighted by atomic mass is 35.5. The number of amides is 1. The molecule has 1 amide bonds. The fraction of sp³-hybridized carbons (Fsp3) is 0.286. The molecule has 0 saturated carbocycles. The number of nitrogens with one attached hydrogen (secondary N) is 1. The van der Waals surface area contributed by atoms with Gasteiger partial charge in [-0.2, -0.15) is 0 Å². The molecule has 0 spiro atoms. The maximum atomic E-state index is 13.4. The number of anilines is 1. The van der Waals surface area contributed by atoms with Gasteiger partial charge in [-0.05, 0) is 55.3 Å². The molecule has 0 atom stereocenters. The van der Waals surface area contributed by atoms with Crippen LogP contribution in [0.5, 0.6) is 5.75 Å². The van der Waals surface area contributed by atoms with E-state index in [1.54, 1.807) is 13.2 Å². The molecule has 1 fully saturated rings. The zero-order valence-corrected chi connectivity index (χ0v) is 16.9. The van der Waals surface area contributed by atoms with Crippen LogP contribution < -0.4 is 15.0 Å². The average Bonchev–Trinajstić information content (AvgIpc) is 3.04. The Kier molecular flexibility index (Phi) is 5.42. The number of ether oxygens (including phenoxy) is 1. The van der Waals surface area contributed by atoms with E-state index in [-0.39, 0.29) is 17.8 Å². The summed E-state index contributed by atoms with van der Waals surface area (Å²) in [5.74, 6) is 0.323. The van der Waals surface area contributed by atoms with E-state index in [0.717, 1.165) is 37.4 Å². The van der Waals surface area contributed by atoms with Gasteiger partial charge in [0.25, 0.3) is 5.91 Å². The van der Waals surface area contributed by atoms with Crippen LogP contribution in [0.3, 0.4) is 0 Å². The summed E-state index contributed by atoms with van der Waals surface area (Å²) in [6.07, 6.45) is 1.71. The van der Waals surface area contributed by atoms with Gasteiger partial charge in [-0.3, -0.25) is 4.79 Å². The number of hydrogen-bond donors (Lipinski definition) is 1. The zero-order valence-electron chi connectivity index (χ0n) is 15.4. The number of methoxy groups -OCH3 is 1. The zero-order chi connectivity index (χ0) is 19.7. The average molecular weight is 419 g/mol. The van der Waals surface area contributed by atoms with Crippen molar-refractivity contribution in [1.82, 2.24) is 5.32 Å². The molecule has 1 saturated heterocycles. The number of carbonyl (C=O) groups excluding carboxylic acids is 1. The smallest absolute Gasteiger partial charge is 0.263 e. The summed E-state index contributed by atoms with van der Waals surface area (Å²) in [4.78, 5) is 15.5. The van der Waals surface area contributed by atoms with Crippen LogP contribution in [0.25, 0.3) is 10.1 Å². The molecule has 28 heavy (non-hydrogen) atoms. The predicted molar refractivity (Wildman–Crippen MR) is 112 cm³/mol. The van der Waals surface area contributed by atoms with Gasteiger partial charge in [0.15, 0.2) is 0 Å². The second-order valence-corrected chi connectivity index (χ2v) is 8.25. The summed E-state index contributed by atoms with van der Waals surface area (Å²) < 4.78 is 19.3. The van der Waals surface area contributed by atoms with Crippen LogP contribution in [0.4, 0.5) is 10.1 Å². The summed E-state index contributed by atoms with van der Waals surface area (Å²) in [6.45, 7) is 1.73. The third kappa shape index (κ3) is 3.80. The summed E-state index contributed by atoms with van der Waals surface area (Å²) >= 11 is 7.59. The minimum Gasteiger partial charge on any atom is -0.497 e. The van der Waals surface area contributed by atoms with Gasteiger partial charge in [0.2, 0.25) is 0 Å². The monoisotopic (exact) mass is 418 g/mol. The topological polar surface area (TPSA) is 41.6 Å². The predicted octanol–water partition coefficient (Wildman–Crippen LogP) is 5.10. The van der Waals surface area contributed by atoms with Gasteiger partial charge in [0.05, 0.1) is 12.1 Å². The maximum absolute atomic E-state index is 13.4. The highest BCUT2D eigenvalue weighted by molar-refractivity contribution is 7.21. The molecule has 2 heterocycles. The van der Waals surface area contributed by atoms with Crippen LogP contribution in [-0.2, 0) is 0 Å². The van der Waals surface area contributed by atoms with Gasteiger partial charge in [-0.15, -0.1) is 11.3 Å². The molecule has 0 unspecified atom stereocenters. The molecule has 4 nitrogen and oxygen atoms in total. The summed E-state index contributed by atoms with van der Waals surface area (Å²) in [5.41, 5.74) is 1.15. The van der Waals surface area contributed by atoms with E-state index >= 15 is 0 Å². The fourth-order valence-electron chi connectivity index (χ4n) is 3.51. The number of fused-ring (bicyclic) bond motifs is 1. The lowest BCUT2D eigenvalue weighted by molar-refractivity contribution is 0.0935. The molecular weight excluding hydrogens is 399 g/mol. The van der Waals surface area contributed by atoms with E-state index in [1.807, 2.05) is 24.3 Å². The second-order valence-electron chi connectivity index (χ2n) is 6.82. The molecule has 1 aliphatic heterocycles. The van der Waals surface area contributed by atoms with Gasteiger partial charge < -0.3 is 15.0 Å². The number of benzene rings is 2. The van der Waals surface area contributed by atoms with Crippen molar-refractivity contribution in [2.75, 3.05) is 25.1 Å². The van der Waals surface area contributed by atoms with Crippen LogP contribution in [0.15, 0.2) is 42.5 Å². The van der Waals surface area contributed by atoms with Gasteiger partial charge in [0.1, 0.15) is 16.4 Å². The van der Waals surface area contributed by atoms with Crippen molar-refractivity contribution >= 4 is 44.6 Å². The largest absolute Gasteiger partial charge is 0.497 e. The molecule has 4 rings (SSSR count). The lowest BCUT2D eigenvalue weighted by atomic mass is 10.0. The fourth-order valence-corrected chi connectivity index (χ4v) is 4.96. The third-order valence-electron chi connectivity index (χ3n) is 5.07. The second kappa shape index (κ2) is 7.97. The standard InChI is InChI=1S/C21H20ClFN2O2S/c1-27-16-5-3-15(4-6-16)25-10-8-14(9-11-25)24-21(26)20-19(22)17-7-2-13(23)12-18(17)28-20/h2-7,12,14H,8-11H2,1H3,(H,24,26). The molecule has 1 aromatic heterocycles. The van der Waals surface area contributed by atoms with Crippen LogP contribution in [0.2, 0.25) is 5.02 Å². The third-order valence-corrected chi connectivity index (χ3v) is 6.72. The van der Waals surface area contributed by atoms with E-state index in [1.165, 1.54) is 23.5 Å². The number of thiophene rings is 1. The van der Waals surface area contributed by atoms with Crippen LogP contribution in [0.1, 0.15) is 22.5 Å². The molecule has 146 valence electrons. The number of piperidine rings is 1. The number of hydrogen-bond acceptors (Lipinski definition) is 4. The first-order valence-corrected chi connectivity index (χ1v) is 10.3. The number of rotatable bonds is 4. The lowest BCUT2D eigenvalue weighted by Crippen LogP contribution is -2.44. The van der Waals surface area contributed by atoms with Crippen molar-refractivity contribution in [3.63, 3.8) is 0 Å². The van der Waals surface area contributed by atoms with Crippen LogP contribution in [-0.4, -0.2) is 32.1 Å². The minimum atomic E-state index is -0.330. The maximum Gasteiger partial charge on any atom is 0.263 e. The number of carbonyl (C=O) groups is 1.